The maximum absolute atomic E-state index is 12.6. The number of benzene rings is 2. The van der Waals surface area contributed by atoms with Crippen molar-refractivity contribution in [3.05, 3.63) is 71.8 Å². The minimum Gasteiger partial charge on any atom is -0.336 e. The molecule has 1 aliphatic rings. The van der Waals surface area contributed by atoms with Gasteiger partial charge in [-0.15, -0.1) is 0 Å². The quantitative estimate of drug-likeness (QED) is 0.862. The van der Waals surface area contributed by atoms with Crippen LogP contribution in [0.1, 0.15) is 22.3 Å². The van der Waals surface area contributed by atoms with Crippen molar-refractivity contribution >= 4 is 11.7 Å². The fourth-order valence-electron chi connectivity index (χ4n) is 2.84. The van der Waals surface area contributed by atoms with Crippen LogP contribution in [-0.2, 0) is 11.3 Å². The number of ketones is 1. The third-order valence-corrected chi connectivity index (χ3v) is 4.08. The average Bonchev–Trinajstić information content (AvgIpc) is 2.60. The number of hydrogen-bond acceptors (Lipinski definition) is 3. The van der Waals surface area contributed by atoms with Crippen molar-refractivity contribution < 1.29 is 9.59 Å². The molecule has 4 heteroatoms. The molecule has 0 bridgehead atoms. The highest BCUT2D eigenvalue weighted by atomic mass is 16.2. The van der Waals surface area contributed by atoms with Crippen LogP contribution in [0.4, 0.5) is 0 Å². The second-order valence-electron chi connectivity index (χ2n) is 5.75. The molecule has 1 saturated heterocycles. The lowest BCUT2D eigenvalue weighted by Crippen LogP contribution is -2.55. The van der Waals surface area contributed by atoms with Crippen LogP contribution >= 0.6 is 0 Å². The number of nitrogens with one attached hydrogen (secondary N) is 1. The van der Waals surface area contributed by atoms with Crippen LogP contribution in [0.25, 0.3) is 0 Å². The number of piperazine rings is 1. The lowest BCUT2D eigenvalue weighted by Gasteiger charge is -2.33. The fraction of sp³-hybridized carbons (Fsp3) is 0.263. The van der Waals surface area contributed by atoms with Gasteiger partial charge in [0.1, 0.15) is 0 Å². The molecular formula is C19H20N2O2. The van der Waals surface area contributed by atoms with Gasteiger partial charge >= 0.3 is 0 Å². The predicted molar refractivity (Wildman–Crippen MR) is 89.0 cm³/mol. The van der Waals surface area contributed by atoms with Gasteiger partial charge in [0, 0.05) is 31.6 Å². The molecule has 0 aromatic heterocycles. The van der Waals surface area contributed by atoms with E-state index in [1.165, 1.54) is 0 Å². The van der Waals surface area contributed by atoms with Gasteiger partial charge < -0.3 is 10.2 Å². The normalized spacial score (nSPS) is 18.0. The zero-order valence-electron chi connectivity index (χ0n) is 12.9. The number of hydrogen-bond donors (Lipinski definition) is 1. The zero-order chi connectivity index (χ0) is 16.1. The van der Waals surface area contributed by atoms with E-state index in [0.29, 0.717) is 25.2 Å². The van der Waals surface area contributed by atoms with Crippen LogP contribution in [0.3, 0.4) is 0 Å². The minimum absolute atomic E-state index is 0.00184. The number of carbonyl (C=O) groups is 2. The third kappa shape index (κ3) is 3.85. The largest absolute Gasteiger partial charge is 0.336 e. The standard InChI is InChI=1S/C19H20N2O2/c22-18(16-9-5-2-6-10-16)13-17-19(23)21(12-11-20-17)14-15-7-3-1-4-8-15/h1-10,17,20H,11-14H2. The molecule has 1 atom stereocenters. The van der Waals surface area contributed by atoms with Crippen LogP contribution in [0.5, 0.6) is 0 Å². The van der Waals surface area contributed by atoms with Crippen LogP contribution in [-0.4, -0.2) is 35.7 Å². The SMILES string of the molecule is O=C(CC1NCCN(Cc2ccccc2)C1=O)c1ccccc1. The maximum Gasteiger partial charge on any atom is 0.240 e. The molecule has 23 heavy (non-hydrogen) atoms. The van der Waals surface area contributed by atoms with Crippen LogP contribution < -0.4 is 5.32 Å². The molecule has 0 radical (unpaired) electrons. The van der Waals surface area contributed by atoms with Crippen molar-refractivity contribution in [2.24, 2.45) is 0 Å². The van der Waals surface area contributed by atoms with E-state index >= 15 is 0 Å². The van der Waals surface area contributed by atoms with E-state index < -0.39 is 6.04 Å². The first-order valence-corrected chi connectivity index (χ1v) is 7.88. The Labute approximate surface area is 136 Å². The van der Waals surface area contributed by atoms with Crippen molar-refractivity contribution in [2.45, 2.75) is 19.0 Å². The summed E-state index contributed by atoms with van der Waals surface area (Å²) in [4.78, 5) is 26.7. The highest BCUT2D eigenvalue weighted by Crippen LogP contribution is 2.13. The molecule has 4 nitrogen and oxygen atoms in total. The van der Waals surface area contributed by atoms with Gasteiger partial charge in [-0.2, -0.15) is 0 Å². The molecule has 1 amide bonds. The van der Waals surface area contributed by atoms with Gasteiger partial charge in [0.25, 0.3) is 0 Å². The fourth-order valence-corrected chi connectivity index (χ4v) is 2.84. The van der Waals surface area contributed by atoms with Crippen molar-refractivity contribution in [3.63, 3.8) is 0 Å². The summed E-state index contributed by atoms with van der Waals surface area (Å²) in [5.74, 6) is 0.00222. The molecular weight excluding hydrogens is 288 g/mol. The Morgan fingerprint density at radius 1 is 1.04 bits per heavy atom. The number of nitrogens with zero attached hydrogens (tertiary/aromatic N) is 1. The smallest absolute Gasteiger partial charge is 0.240 e. The summed E-state index contributed by atoms with van der Waals surface area (Å²) in [6, 6.07) is 18.6. The molecule has 3 rings (SSSR count). The first-order chi connectivity index (χ1) is 11.2. The molecule has 2 aromatic rings. The van der Waals surface area contributed by atoms with Crippen LogP contribution in [0.15, 0.2) is 60.7 Å². The second kappa shape index (κ2) is 7.20. The molecule has 1 heterocycles. The second-order valence-corrected chi connectivity index (χ2v) is 5.75. The molecule has 1 fully saturated rings. The van der Waals surface area contributed by atoms with Gasteiger partial charge in [0.05, 0.1) is 6.04 Å². The van der Waals surface area contributed by atoms with E-state index in [1.807, 2.05) is 53.4 Å². The highest BCUT2D eigenvalue weighted by molar-refractivity contribution is 5.99. The van der Waals surface area contributed by atoms with Crippen molar-refractivity contribution in [2.75, 3.05) is 13.1 Å². The van der Waals surface area contributed by atoms with E-state index in [9.17, 15) is 9.59 Å². The maximum atomic E-state index is 12.6. The molecule has 1 N–H and O–H groups in total. The Hall–Kier alpha value is -2.46. The Bertz CT molecular complexity index is 670. The summed E-state index contributed by atoms with van der Waals surface area (Å²) in [5, 5.41) is 3.17. The summed E-state index contributed by atoms with van der Waals surface area (Å²) in [7, 11) is 0. The summed E-state index contributed by atoms with van der Waals surface area (Å²) >= 11 is 0. The van der Waals surface area contributed by atoms with Crippen LogP contribution in [0, 0.1) is 0 Å². The molecule has 2 aromatic carbocycles. The summed E-state index contributed by atoms with van der Waals surface area (Å²) in [6.45, 7) is 1.98. The van der Waals surface area contributed by atoms with E-state index in [-0.39, 0.29) is 18.1 Å². The number of Topliss-reactive ketones (excluding diaryl/α,β-unsaturated/α-hetero) is 1. The zero-order valence-corrected chi connectivity index (χ0v) is 12.9. The van der Waals surface area contributed by atoms with Crippen molar-refractivity contribution in [1.29, 1.82) is 0 Å². The van der Waals surface area contributed by atoms with Gasteiger partial charge in [0.2, 0.25) is 5.91 Å². The molecule has 118 valence electrons. The Morgan fingerprint density at radius 3 is 2.39 bits per heavy atom. The lowest BCUT2D eigenvalue weighted by molar-refractivity contribution is -0.136. The number of carbonyl (C=O) groups excluding carboxylic acids is 2. The van der Waals surface area contributed by atoms with Crippen molar-refractivity contribution in [3.8, 4) is 0 Å². The molecule has 0 saturated carbocycles. The number of amides is 1. The average molecular weight is 308 g/mol. The van der Waals surface area contributed by atoms with Gasteiger partial charge in [-0.3, -0.25) is 9.59 Å². The van der Waals surface area contributed by atoms with E-state index in [2.05, 4.69) is 5.32 Å². The third-order valence-electron chi connectivity index (χ3n) is 4.08. The molecule has 1 aliphatic heterocycles. The van der Waals surface area contributed by atoms with Crippen LogP contribution in [0.2, 0.25) is 0 Å². The Balaban J connectivity index is 1.64. The molecule has 1 unspecified atom stereocenters. The first kappa shape index (κ1) is 15.4. The topological polar surface area (TPSA) is 49.4 Å². The van der Waals surface area contributed by atoms with Gasteiger partial charge in [-0.1, -0.05) is 60.7 Å². The summed E-state index contributed by atoms with van der Waals surface area (Å²) < 4.78 is 0. The Kier molecular flexibility index (Phi) is 4.83. The Morgan fingerprint density at radius 2 is 1.70 bits per heavy atom. The molecule has 0 spiro atoms. The summed E-state index contributed by atoms with van der Waals surface area (Å²) in [6.07, 6.45) is 0.203. The van der Waals surface area contributed by atoms with E-state index in [4.69, 9.17) is 0 Å². The molecule has 0 aliphatic carbocycles. The number of rotatable bonds is 5. The van der Waals surface area contributed by atoms with Gasteiger partial charge in [-0.25, -0.2) is 0 Å². The van der Waals surface area contributed by atoms with Gasteiger partial charge in [0.15, 0.2) is 5.78 Å². The van der Waals surface area contributed by atoms with E-state index in [0.717, 1.165) is 5.56 Å². The first-order valence-electron chi connectivity index (χ1n) is 7.88. The van der Waals surface area contributed by atoms with Crippen molar-refractivity contribution in [1.82, 2.24) is 10.2 Å². The van der Waals surface area contributed by atoms with Gasteiger partial charge in [-0.05, 0) is 5.56 Å². The highest BCUT2D eigenvalue weighted by Gasteiger charge is 2.30. The monoisotopic (exact) mass is 308 g/mol. The summed E-state index contributed by atoms with van der Waals surface area (Å²) in [5.41, 5.74) is 1.76. The minimum atomic E-state index is -0.430. The predicted octanol–water partition coefficient (Wildman–Crippen LogP) is 2.26. The van der Waals surface area contributed by atoms with E-state index in [1.54, 1.807) is 12.1 Å². The lowest BCUT2D eigenvalue weighted by atomic mass is 10.0.